The first-order chi connectivity index (χ1) is 23.7. The minimum atomic E-state index is -4.28. The lowest BCUT2D eigenvalue weighted by atomic mass is 10.1. The molecule has 2 aromatic heterocycles. The van der Waals surface area contributed by atoms with Crippen LogP contribution in [0.25, 0.3) is 11.2 Å². The number of carbonyl (C=O) groups is 3. The molecule has 19 heteroatoms. The van der Waals surface area contributed by atoms with Crippen molar-refractivity contribution in [2.24, 2.45) is 11.8 Å². The maximum absolute atomic E-state index is 14.7. The van der Waals surface area contributed by atoms with Gasteiger partial charge in [0.1, 0.15) is 30.5 Å². The SMILES string of the molecule is CCOC(=O)C(CC(C)C)NP(=O)(NC(CC(C)C)C(=O)OCC)OC[C@H]1O[C@@H](n2cnc3c(NC4CC4)nc(N)nc32)C[C@H]1OC(=O)OC. The van der Waals surface area contributed by atoms with E-state index in [-0.39, 0.29) is 56.3 Å². The molecule has 1 aliphatic heterocycles. The summed E-state index contributed by atoms with van der Waals surface area (Å²) < 4.78 is 49.6. The van der Waals surface area contributed by atoms with Gasteiger partial charge in [0.2, 0.25) is 5.95 Å². The predicted molar refractivity (Wildman–Crippen MR) is 182 cm³/mol. The zero-order valence-corrected chi connectivity index (χ0v) is 30.6. The number of anilines is 2. The summed E-state index contributed by atoms with van der Waals surface area (Å²) in [6.07, 6.45) is 0.526. The molecule has 2 fully saturated rings. The molecule has 2 aliphatic rings. The van der Waals surface area contributed by atoms with Crippen molar-refractivity contribution < 1.29 is 47.2 Å². The fourth-order valence-corrected chi connectivity index (χ4v) is 7.34. The lowest BCUT2D eigenvalue weighted by molar-refractivity contribution is -0.146. The molecule has 5 N–H and O–H groups in total. The number of fused-ring (bicyclic) bond motifs is 1. The van der Waals surface area contributed by atoms with Crippen LogP contribution in [0.4, 0.5) is 16.6 Å². The molecule has 0 spiro atoms. The Balaban J connectivity index is 1.63. The highest BCUT2D eigenvalue weighted by molar-refractivity contribution is 7.54. The molecule has 4 rings (SSSR count). The third-order valence-corrected chi connectivity index (χ3v) is 9.71. The van der Waals surface area contributed by atoms with E-state index < -0.39 is 62.9 Å². The largest absolute Gasteiger partial charge is 0.508 e. The first-order valence-electron chi connectivity index (χ1n) is 17.1. The van der Waals surface area contributed by atoms with Gasteiger partial charge < -0.3 is 39.3 Å². The van der Waals surface area contributed by atoms with Crippen LogP contribution < -0.4 is 21.2 Å². The predicted octanol–water partition coefficient (Wildman–Crippen LogP) is 3.68. The van der Waals surface area contributed by atoms with Crippen molar-refractivity contribution >= 4 is 48.7 Å². The van der Waals surface area contributed by atoms with Gasteiger partial charge in [-0.15, -0.1) is 0 Å². The molecule has 1 saturated heterocycles. The fourth-order valence-electron chi connectivity index (χ4n) is 5.52. The standard InChI is InChI=1S/C31H51N8O10P/c1-8-45-28(40)20(12-17(3)4)37-50(43,38-21(13-18(5)6)29(41)46-9-2)47-15-23-22(49-31(42)44-7)14-24(48-23)39-16-33-25-26(34-19-10-11-19)35-30(32)36-27(25)39/h16-24H,8-15H2,1-7H3,(H2,37,38,43)(H3,32,34,35,36)/t20?,21?,22-,23-,24-,50?/m1/s1. The summed E-state index contributed by atoms with van der Waals surface area (Å²) in [6.45, 7) is 10.7. The third kappa shape index (κ3) is 10.7. The molecule has 3 heterocycles. The van der Waals surface area contributed by atoms with Crippen LogP contribution in [0.3, 0.4) is 0 Å². The van der Waals surface area contributed by atoms with Crippen LogP contribution in [0.2, 0.25) is 0 Å². The number of carbonyl (C=O) groups excluding carboxylic acids is 3. The van der Waals surface area contributed by atoms with Crippen molar-refractivity contribution in [2.45, 2.75) is 110 Å². The van der Waals surface area contributed by atoms with Crippen LogP contribution in [-0.2, 0) is 42.4 Å². The van der Waals surface area contributed by atoms with Crippen molar-refractivity contribution in [1.82, 2.24) is 29.7 Å². The Hall–Kier alpha value is -3.57. The summed E-state index contributed by atoms with van der Waals surface area (Å²) in [4.78, 5) is 51.5. The molecule has 0 bridgehead atoms. The maximum atomic E-state index is 14.7. The molecule has 0 radical (unpaired) electrons. The summed E-state index contributed by atoms with van der Waals surface area (Å²) >= 11 is 0. The maximum Gasteiger partial charge on any atom is 0.508 e. The Bertz CT molecular complexity index is 1480. The molecule has 2 unspecified atom stereocenters. The highest BCUT2D eigenvalue weighted by atomic mass is 31.2. The molecule has 1 saturated carbocycles. The van der Waals surface area contributed by atoms with Gasteiger partial charge in [-0.2, -0.15) is 9.97 Å². The molecule has 0 amide bonds. The molecule has 5 atom stereocenters. The first-order valence-corrected chi connectivity index (χ1v) is 18.7. The number of nitrogens with one attached hydrogen (secondary N) is 3. The number of imidazole rings is 1. The van der Waals surface area contributed by atoms with Crippen LogP contribution in [0.1, 0.15) is 79.9 Å². The van der Waals surface area contributed by atoms with E-state index in [0.29, 0.717) is 17.0 Å². The van der Waals surface area contributed by atoms with E-state index in [1.54, 1.807) is 18.4 Å². The number of aromatic nitrogens is 4. The van der Waals surface area contributed by atoms with Crippen molar-refractivity contribution in [2.75, 3.05) is 38.0 Å². The van der Waals surface area contributed by atoms with Gasteiger partial charge in [-0.3, -0.25) is 18.7 Å². The van der Waals surface area contributed by atoms with Crippen LogP contribution in [0.5, 0.6) is 0 Å². The van der Waals surface area contributed by atoms with E-state index in [0.717, 1.165) is 12.8 Å². The smallest absolute Gasteiger partial charge is 0.465 e. The number of hydrogen-bond donors (Lipinski definition) is 4. The second-order valence-corrected chi connectivity index (χ2v) is 15.0. The lowest BCUT2D eigenvalue weighted by Gasteiger charge is -2.30. The summed E-state index contributed by atoms with van der Waals surface area (Å²) in [5.41, 5.74) is 6.93. The van der Waals surface area contributed by atoms with Crippen LogP contribution in [0.15, 0.2) is 6.33 Å². The average Bonchev–Trinajstić information content (AvgIpc) is 3.62. The highest BCUT2D eigenvalue weighted by Gasteiger charge is 2.43. The molecule has 1 aliphatic carbocycles. The zero-order chi connectivity index (χ0) is 36.6. The van der Waals surface area contributed by atoms with Gasteiger partial charge in [-0.25, -0.2) is 20.0 Å². The van der Waals surface area contributed by atoms with E-state index in [4.69, 9.17) is 33.9 Å². The second-order valence-electron chi connectivity index (χ2n) is 13.1. The Kier molecular flexibility index (Phi) is 13.8. The molecule has 280 valence electrons. The van der Waals surface area contributed by atoms with Gasteiger partial charge in [0.05, 0.1) is 33.3 Å². The number of ether oxygens (including phenoxy) is 5. The van der Waals surface area contributed by atoms with Gasteiger partial charge in [-0.05, 0) is 51.4 Å². The third-order valence-electron chi connectivity index (χ3n) is 7.89. The minimum absolute atomic E-state index is 0.00137. The van der Waals surface area contributed by atoms with Gasteiger partial charge in [-0.1, -0.05) is 27.7 Å². The van der Waals surface area contributed by atoms with Gasteiger partial charge in [0.25, 0.3) is 0 Å². The van der Waals surface area contributed by atoms with Gasteiger partial charge >= 0.3 is 25.8 Å². The van der Waals surface area contributed by atoms with Gasteiger partial charge in [0, 0.05) is 12.5 Å². The first kappa shape index (κ1) is 39.2. The quantitative estimate of drug-likeness (QED) is 0.0919. The number of nitrogens with two attached hydrogens (primary N) is 1. The Morgan fingerprint density at radius 1 is 1.02 bits per heavy atom. The van der Waals surface area contributed by atoms with E-state index >= 15 is 0 Å². The average molecular weight is 727 g/mol. The zero-order valence-electron chi connectivity index (χ0n) is 29.7. The van der Waals surface area contributed by atoms with Crippen molar-refractivity contribution in [1.29, 1.82) is 0 Å². The number of nitrogen functional groups attached to an aromatic ring is 1. The summed E-state index contributed by atoms with van der Waals surface area (Å²) in [6, 6.07) is -1.81. The number of rotatable bonds is 19. The summed E-state index contributed by atoms with van der Waals surface area (Å²) in [7, 11) is -3.10. The summed E-state index contributed by atoms with van der Waals surface area (Å²) in [5, 5.41) is 8.98. The molecule has 50 heavy (non-hydrogen) atoms. The molecular formula is C31H51N8O10P. The molecular weight excluding hydrogens is 675 g/mol. The lowest BCUT2D eigenvalue weighted by Crippen LogP contribution is -2.46. The van der Waals surface area contributed by atoms with Crippen LogP contribution in [0, 0.1) is 11.8 Å². The Morgan fingerprint density at radius 2 is 1.62 bits per heavy atom. The fraction of sp³-hybridized carbons (Fsp3) is 0.742. The number of nitrogens with zero attached hydrogens (tertiary/aromatic N) is 4. The van der Waals surface area contributed by atoms with E-state index in [9.17, 15) is 18.9 Å². The number of methoxy groups -OCH3 is 1. The van der Waals surface area contributed by atoms with Crippen LogP contribution >= 0.6 is 7.67 Å². The Labute approximate surface area is 291 Å². The summed E-state index contributed by atoms with van der Waals surface area (Å²) in [5.74, 6) is -0.714. The van der Waals surface area contributed by atoms with E-state index in [2.05, 4.69) is 30.4 Å². The van der Waals surface area contributed by atoms with Crippen molar-refractivity contribution in [3.05, 3.63) is 6.33 Å². The monoisotopic (exact) mass is 726 g/mol. The van der Waals surface area contributed by atoms with Crippen molar-refractivity contribution in [3.8, 4) is 0 Å². The molecule has 2 aromatic rings. The minimum Gasteiger partial charge on any atom is -0.465 e. The van der Waals surface area contributed by atoms with Crippen molar-refractivity contribution in [3.63, 3.8) is 0 Å². The molecule has 18 nitrogen and oxygen atoms in total. The number of hydrogen-bond acceptors (Lipinski definition) is 15. The topological polar surface area (TPSA) is 229 Å². The number of esters is 2. The van der Waals surface area contributed by atoms with E-state index in [1.165, 1.54) is 13.4 Å². The molecule has 0 aromatic carbocycles. The highest BCUT2D eigenvalue weighted by Crippen LogP contribution is 2.43. The second kappa shape index (κ2) is 17.6. The van der Waals surface area contributed by atoms with Crippen LogP contribution in [-0.4, -0.2) is 94.9 Å². The normalized spacial score (nSPS) is 21.5. The van der Waals surface area contributed by atoms with Gasteiger partial charge in [0.15, 0.2) is 17.0 Å². The Morgan fingerprint density at radius 3 is 2.14 bits per heavy atom. The van der Waals surface area contributed by atoms with E-state index in [1.807, 2.05) is 27.7 Å².